The summed E-state index contributed by atoms with van der Waals surface area (Å²) in [5.41, 5.74) is 9.76. The van der Waals surface area contributed by atoms with Crippen LogP contribution in [0.2, 0.25) is 9.26 Å². The van der Waals surface area contributed by atoms with Gasteiger partial charge in [0.1, 0.15) is 0 Å². The summed E-state index contributed by atoms with van der Waals surface area (Å²) >= 11 is -4.18. The summed E-state index contributed by atoms with van der Waals surface area (Å²) in [5, 5.41) is 0. The van der Waals surface area contributed by atoms with E-state index in [2.05, 4.69) is 137 Å². The summed E-state index contributed by atoms with van der Waals surface area (Å²) in [6.07, 6.45) is 7.88. The van der Waals surface area contributed by atoms with E-state index in [1.807, 2.05) is 6.08 Å². The van der Waals surface area contributed by atoms with Gasteiger partial charge in [-0.05, 0) is 0 Å². The average molecular weight is 544 g/mol. The number of fused-ring (bicyclic) bond motifs is 3. The van der Waals surface area contributed by atoms with Crippen LogP contribution in [0.15, 0.2) is 143 Å². The molecule has 0 unspecified atom stereocenters. The molecule has 4 aromatic carbocycles. The van der Waals surface area contributed by atoms with Gasteiger partial charge in [0.25, 0.3) is 0 Å². The molecule has 0 fully saturated rings. The first-order valence-corrected chi connectivity index (χ1v) is 21.7. The van der Waals surface area contributed by atoms with Crippen LogP contribution in [-0.2, 0) is 18.3 Å². The van der Waals surface area contributed by atoms with E-state index in [9.17, 15) is 0 Å². The predicted octanol–water partition coefficient (Wildman–Crippen LogP) is 9.21. The van der Waals surface area contributed by atoms with Crippen molar-refractivity contribution in [2.75, 3.05) is 0 Å². The van der Waals surface area contributed by atoms with Crippen molar-refractivity contribution in [3.8, 4) is 11.1 Å². The number of benzene rings is 4. The van der Waals surface area contributed by atoms with Gasteiger partial charge in [-0.3, -0.25) is 0 Å². The molecule has 0 radical (unpaired) electrons. The van der Waals surface area contributed by atoms with Crippen molar-refractivity contribution in [1.29, 1.82) is 0 Å². The Bertz CT molecular complexity index is 1520. The van der Waals surface area contributed by atoms with Gasteiger partial charge in [0.15, 0.2) is 0 Å². The summed E-state index contributed by atoms with van der Waals surface area (Å²) in [6.45, 7) is 4.12. The molecule has 0 amide bonds. The molecule has 0 aliphatic heterocycles. The Balaban J connectivity index is 1.84. The molecule has 0 spiro atoms. The van der Waals surface area contributed by atoms with Gasteiger partial charge < -0.3 is 0 Å². The van der Waals surface area contributed by atoms with Crippen molar-refractivity contribution in [3.05, 3.63) is 165 Å². The van der Waals surface area contributed by atoms with Crippen LogP contribution >= 0.6 is 0 Å². The van der Waals surface area contributed by atoms with Gasteiger partial charge in [-0.2, -0.15) is 0 Å². The molecule has 0 aromatic heterocycles. The Hall–Kier alpha value is -3.15. The topological polar surface area (TPSA) is 0 Å². The molecule has 0 atom stereocenters. The Morgan fingerprint density at radius 2 is 1.17 bits per heavy atom. The molecule has 1 heteroatoms. The molecule has 0 heterocycles. The summed E-state index contributed by atoms with van der Waals surface area (Å²) in [7, 11) is 0. The minimum atomic E-state index is -4.18. The fraction of sp³-hybridized carbons (Fsp3) is 0.114. The van der Waals surface area contributed by atoms with Gasteiger partial charge in [-0.1, -0.05) is 0 Å². The van der Waals surface area contributed by atoms with E-state index >= 15 is 0 Å². The number of hydrogen-bond acceptors (Lipinski definition) is 0. The minimum absolute atomic E-state index is 0.359. The van der Waals surface area contributed by atoms with E-state index in [0.29, 0.717) is 3.63 Å². The first-order chi connectivity index (χ1) is 17.5. The molecular weight excluding hydrogens is 512 g/mol. The van der Waals surface area contributed by atoms with Crippen LogP contribution in [-0.4, -0.2) is 3.21 Å². The SMILES string of the molecule is C=CC1=CC[C]([Zr]([CH3])([CH3])(=[C](c2ccccc2)c2ccccc2)[CH]2c3ccccc3-c3ccccc32)=C1. The third-order valence-corrected chi connectivity index (χ3v) is 25.4. The second-order valence-electron chi connectivity index (χ2n) is 11.0. The third-order valence-electron chi connectivity index (χ3n) is 8.72. The average Bonchev–Trinajstić information content (AvgIpc) is 3.54. The quantitative estimate of drug-likeness (QED) is 0.235. The molecular formula is C35H32Zr. The molecule has 4 aromatic rings. The van der Waals surface area contributed by atoms with Crippen LogP contribution in [0.4, 0.5) is 0 Å². The second-order valence-corrected chi connectivity index (χ2v) is 27.5. The van der Waals surface area contributed by atoms with Crippen molar-refractivity contribution in [1.82, 2.24) is 0 Å². The molecule has 0 bridgehead atoms. The molecule has 0 N–H and O–H groups in total. The van der Waals surface area contributed by atoms with Crippen molar-refractivity contribution >= 4 is 3.21 Å². The fourth-order valence-corrected chi connectivity index (χ4v) is 23.8. The van der Waals surface area contributed by atoms with E-state index in [0.717, 1.165) is 6.42 Å². The van der Waals surface area contributed by atoms with Gasteiger partial charge >= 0.3 is 217 Å². The van der Waals surface area contributed by atoms with Crippen LogP contribution in [0.25, 0.3) is 11.1 Å². The third kappa shape index (κ3) is 3.41. The zero-order valence-electron chi connectivity index (χ0n) is 21.1. The fourth-order valence-electron chi connectivity index (χ4n) is 7.07. The van der Waals surface area contributed by atoms with Crippen LogP contribution in [0, 0.1) is 0 Å². The summed E-state index contributed by atoms with van der Waals surface area (Å²) < 4.78 is 8.96. The van der Waals surface area contributed by atoms with Crippen molar-refractivity contribution in [2.45, 2.75) is 19.3 Å². The van der Waals surface area contributed by atoms with Gasteiger partial charge in [-0.15, -0.1) is 0 Å². The summed E-state index contributed by atoms with van der Waals surface area (Å²) in [6, 6.07) is 40.6. The van der Waals surface area contributed by atoms with Crippen molar-refractivity contribution in [3.63, 3.8) is 0 Å². The van der Waals surface area contributed by atoms with Gasteiger partial charge in [0.2, 0.25) is 0 Å². The zero-order chi connectivity index (χ0) is 24.8. The Kier molecular flexibility index (Phi) is 5.66. The molecule has 6 rings (SSSR count). The Morgan fingerprint density at radius 3 is 1.64 bits per heavy atom. The van der Waals surface area contributed by atoms with E-state index in [1.165, 1.54) is 39.0 Å². The molecule has 2 aliphatic rings. The normalized spacial score (nSPS) is 15.1. The Labute approximate surface area is 216 Å². The van der Waals surface area contributed by atoms with E-state index in [-0.39, 0.29) is 0 Å². The first kappa shape index (κ1) is 23.3. The molecule has 176 valence electrons. The standard InChI is InChI=1S/C13H9.C13H10.C7H7.2CH3.Zr/c1-3-7-12-10(5-1)9-11-6-2-4-8-13(11)12;1-3-7-12(8-4-1)11-13-9-5-2-6-10-13;1-2-7-5-3-4-6-7;;;/h1-9H;1-10H;2,5-6H,1,3H2;2*1H3;. The van der Waals surface area contributed by atoms with Crippen LogP contribution in [0.5, 0.6) is 0 Å². The van der Waals surface area contributed by atoms with Gasteiger partial charge in [0, 0.05) is 0 Å². The maximum atomic E-state index is 4.12. The monoisotopic (exact) mass is 542 g/mol. The molecule has 0 nitrogen and oxygen atoms in total. The van der Waals surface area contributed by atoms with Gasteiger partial charge in [0.05, 0.1) is 0 Å². The van der Waals surface area contributed by atoms with Crippen LogP contribution < -0.4 is 0 Å². The summed E-state index contributed by atoms with van der Waals surface area (Å²) in [4.78, 5) is 0. The van der Waals surface area contributed by atoms with E-state index < -0.39 is 18.3 Å². The van der Waals surface area contributed by atoms with Crippen molar-refractivity contribution < 1.29 is 18.3 Å². The maximum absolute atomic E-state index is 4.18. The predicted molar refractivity (Wildman–Crippen MR) is 153 cm³/mol. The zero-order valence-corrected chi connectivity index (χ0v) is 23.6. The van der Waals surface area contributed by atoms with Crippen LogP contribution in [0.3, 0.4) is 0 Å². The van der Waals surface area contributed by atoms with E-state index in [4.69, 9.17) is 0 Å². The molecule has 0 saturated heterocycles. The number of rotatable bonds is 5. The van der Waals surface area contributed by atoms with E-state index in [1.54, 1.807) is 6.49 Å². The van der Waals surface area contributed by atoms with Crippen LogP contribution in [0.1, 0.15) is 32.3 Å². The number of allylic oxidation sites excluding steroid dienone is 5. The first-order valence-electron chi connectivity index (χ1n) is 12.9. The summed E-state index contributed by atoms with van der Waals surface area (Å²) in [5.74, 6) is 0. The number of hydrogen-bond donors (Lipinski definition) is 0. The second kappa shape index (κ2) is 8.75. The van der Waals surface area contributed by atoms with Gasteiger partial charge in [-0.25, -0.2) is 0 Å². The van der Waals surface area contributed by atoms with Crippen molar-refractivity contribution in [2.24, 2.45) is 0 Å². The molecule has 2 aliphatic carbocycles. The Morgan fingerprint density at radius 1 is 0.694 bits per heavy atom. The molecule has 0 saturated carbocycles. The molecule has 36 heavy (non-hydrogen) atoms.